The number of Topliss-reactive ketones (excluding diaryl/α,β-unsaturated/α-hetero) is 1. The van der Waals surface area contributed by atoms with Crippen LogP contribution in [-0.2, 0) is 0 Å². The Balaban J connectivity index is 2.12. The quantitative estimate of drug-likeness (QED) is 0.482. The van der Waals surface area contributed by atoms with Gasteiger partial charge in [-0.2, -0.15) is 0 Å². The van der Waals surface area contributed by atoms with Crippen molar-refractivity contribution in [3.8, 4) is 5.75 Å². The maximum atomic E-state index is 13.3. The molecule has 0 aliphatic carbocycles. The van der Waals surface area contributed by atoms with Gasteiger partial charge in [-0.1, -0.05) is 18.2 Å². The Hall–Kier alpha value is -2.83. The highest BCUT2D eigenvalue weighted by Crippen LogP contribution is 2.21. The van der Waals surface area contributed by atoms with Gasteiger partial charge in [-0.15, -0.1) is 0 Å². The Kier molecular flexibility index (Phi) is 4.22. The van der Waals surface area contributed by atoms with E-state index in [1.165, 1.54) is 24.3 Å². The standard InChI is InChI=1S/C14H9F2NO4/c15-11-5-2-6-12(16)14(11)21-8-13(18)9-3-1-4-10(7-9)17(19)20/h1-7H,8H2. The van der Waals surface area contributed by atoms with E-state index in [2.05, 4.69) is 0 Å². The third-order valence-corrected chi connectivity index (χ3v) is 2.65. The summed E-state index contributed by atoms with van der Waals surface area (Å²) in [6, 6.07) is 8.16. The lowest BCUT2D eigenvalue weighted by molar-refractivity contribution is -0.384. The molecule has 0 bridgehead atoms. The average Bonchev–Trinajstić information content (AvgIpc) is 2.46. The minimum atomic E-state index is -0.929. The van der Waals surface area contributed by atoms with Crippen LogP contribution in [0, 0.1) is 21.7 Å². The molecule has 5 nitrogen and oxygen atoms in total. The van der Waals surface area contributed by atoms with E-state index >= 15 is 0 Å². The predicted molar refractivity (Wildman–Crippen MR) is 69.3 cm³/mol. The van der Waals surface area contributed by atoms with Crippen LogP contribution in [0.2, 0.25) is 0 Å². The first-order valence-electron chi connectivity index (χ1n) is 5.83. The summed E-state index contributed by atoms with van der Waals surface area (Å²) in [5.41, 5.74) is -0.223. The van der Waals surface area contributed by atoms with E-state index in [0.717, 1.165) is 18.2 Å². The molecular formula is C14H9F2NO4. The second-order valence-electron chi connectivity index (χ2n) is 4.07. The van der Waals surface area contributed by atoms with Crippen LogP contribution in [0.4, 0.5) is 14.5 Å². The summed E-state index contributed by atoms with van der Waals surface area (Å²) in [6.07, 6.45) is 0. The lowest BCUT2D eigenvalue weighted by atomic mass is 10.1. The molecule has 21 heavy (non-hydrogen) atoms. The van der Waals surface area contributed by atoms with E-state index in [4.69, 9.17) is 4.74 Å². The van der Waals surface area contributed by atoms with Crippen LogP contribution in [0.5, 0.6) is 5.75 Å². The summed E-state index contributed by atoms with van der Waals surface area (Å²) in [6.45, 7) is -0.626. The van der Waals surface area contributed by atoms with E-state index in [9.17, 15) is 23.7 Å². The minimum Gasteiger partial charge on any atom is -0.479 e. The highest BCUT2D eigenvalue weighted by atomic mass is 19.1. The van der Waals surface area contributed by atoms with Crippen molar-refractivity contribution in [3.63, 3.8) is 0 Å². The lowest BCUT2D eigenvalue weighted by Gasteiger charge is -2.07. The van der Waals surface area contributed by atoms with Crippen LogP contribution < -0.4 is 4.74 Å². The summed E-state index contributed by atoms with van der Waals surface area (Å²) in [7, 11) is 0. The Morgan fingerprint density at radius 1 is 1.14 bits per heavy atom. The van der Waals surface area contributed by atoms with Crippen LogP contribution in [0.25, 0.3) is 0 Å². The van der Waals surface area contributed by atoms with Gasteiger partial charge >= 0.3 is 0 Å². The second kappa shape index (κ2) is 6.08. The van der Waals surface area contributed by atoms with E-state index in [0.29, 0.717) is 0 Å². The number of non-ortho nitro benzene ring substituents is 1. The van der Waals surface area contributed by atoms with E-state index in [1.807, 2.05) is 0 Å². The first-order valence-corrected chi connectivity index (χ1v) is 5.83. The third-order valence-electron chi connectivity index (χ3n) is 2.65. The summed E-state index contributed by atoms with van der Waals surface area (Å²) in [4.78, 5) is 21.8. The fourth-order valence-electron chi connectivity index (χ4n) is 1.63. The van der Waals surface area contributed by atoms with Crippen LogP contribution in [-0.4, -0.2) is 17.3 Å². The molecule has 0 heterocycles. The number of hydrogen-bond acceptors (Lipinski definition) is 4. The van der Waals surface area contributed by atoms with Crippen LogP contribution in [0.3, 0.4) is 0 Å². The van der Waals surface area contributed by atoms with Gasteiger partial charge < -0.3 is 4.74 Å². The van der Waals surface area contributed by atoms with Gasteiger partial charge in [0, 0.05) is 17.7 Å². The van der Waals surface area contributed by atoms with Crippen LogP contribution >= 0.6 is 0 Å². The molecule has 2 aromatic carbocycles. The number of carbonyl (C=O) groups is 1. The zero-order chi connectivity index (χ0) is 15.4. The maximum absolute atomic E-state index is 13.3. The summed E-state index contributed by atoms with van der Waals surface area (Å²) < 4.78 is 31.4. The molecule has 0 N–H and O–H groups in total. The van der Waals surface area contributed by atoms with Gasteiger partial charge in [0.25, 0.3) is 5.69 Å². The molecule has 108 valence electrons. The fourth-order valence-corrected chi connectivity index (χ4v) is 1.63. The normalized spacial score (nSPS) is 10.2. The number of nitro groups is 1. The molecule has 2 rings (SSSR count). The maximum Gasteiger partial charge on any atom is 0.270 e. The molecule has 0 saturated carbocycles. The van der Waals surface area contributed by atoms with Crippen molar-refractivity contribution < 1.29 is 23.2 Å². The number of nitro benzene ring substituents is 1. The molecular weight excluding hydrogens is 284 g/mol. The number of benzene rings is 2. The number of hydrogen-bond donors (Lipinski definition) is 0. The number of rotatable bonds is 5. The highest BCUT2D eigenvalue weighted by Gasteiger charge is 2.15. The molecule has 0 fully saturated rings. The fraction of sp³-hybridized carbons (Fsp3) is 0.0714. The molecule has 0 aliphatic rings. The summed E-state index contributed by atoms with van der Waals surface area (Å²) in [5.74, 6) is -3.14. The number of ether oxygens (including phenoxy) is 1. The zero-order valence-electron chi connectivity index (χ0n) is 10.6. The van der Waals surface area contributed by atoms with Gasteiger partial charge in [0.15, 0.2) is 29.8 Å². The predicted octanol–water partition coefficient (Wildman–Crippen LogP) is 3.13. The molecule has 2 aromatic rings. The molecule has 0 radical (unpaired) electrons. The highest BCUT2D eigenvalue weighted by molar-refractivity contribution is 5.97. The van der Waals surface area contributed by atoms with Crippen molar-refractivity contribution in [1.82, 2.24) is 0 Å². The lowest BCUT2D eigenvalue weighted by Crippen LogP contribution is -2.13. The first kappa shape index (κ1) is 14.6. The molecule has 0 amide bonds. The van der Waals surface area contributed by atoms with Gasteiger partial charge in [0.1, 0.15) is 0 Å². The van der Waals surface area contributed by atoms with Gasteiger partial charge in [0.2, 0.25) is 0 Å². The Labute approximate surface area is 117 Å². The third kappa shape index (κ3) is 3.38. The largest absolute Gasteiger partial charge is 0.479 e. The molecule has 0 unspecified atom stereocenters. The van der Waals surface area contributed by atoms with Crippen molar-refractivity contribution >= 4 is 11.5 Å². The van der Waals surface area contributed by atoms with Gasteiger partial charge in [-0.3, -0.25) is 14.9 Å². The first-order chi connectivity index (χ1) is 9.99. The number of nitrogens with zero attached hydrogens (tertiary/aromatic N) is 1. The van der Waals surface area contributed by atoms with Crippen molar-refractivity contribution in [3.05, 3.63) is 69.8 Å². The smallest absolute Gasteiger partial charge is 0.270 e. The van der Waals surface area contributed by atoms with Crippen molar-refractivity contribution in [2.75, 3.05) is 6.61 Å². The number of ketones is 1. The van der Waals surface area contributed by atoms with Gasteiger partial charge in [-0.25, -0.2) is 8.78 Å². The summed E-state index contributed by atoms with van der Waals surface area (Å²) >= 11 is 0. The molecule has 0 aromatic heterocycles. The monoisotopic (exact) mass is 293 g/mol. The van der Waals surface area contributed by atoms with Crippen LogP contribution in [0.1, 0.15) is 10.4 Å². The van der Waals surface area contributed by atoms with Crippen molar-refractivity contribution in [2.24, 2.45) is 0 Å². The van der Waals surface area contributed by atoms with E-state index in [-0.39, 0.29) is 11.3 Å². The molecule has 0 saturated heterocycles. The Bertz CT molecular complexity index is 683. The Morgan fingerprint density at radius 3 is 2.38 bits per heavy atom. The SMILES string of the molecule is O=C(COc1c(F)cccc1F)c1cccc([N+](=O)[O-])c1. The van der Waals surface area contributed by atoms with E-state index < -0.39 is 34.7 Å². The number of para-hydroxylation sites is 1. The van der Waals surface area contributed by atoms with Crippen molar-refractivity contribution in [1.29, 1.82) is 0 Å². The van der Waals surface area contributed by atoms with Crippen LogP contribution in [0.15, 0.2) is 42.5 Å². The number of halogens is 2. The molecule has 0 atom stereocenters. The average molecular weight is 293 g/mol. The molecule has 7 heteroatoms. The van der Waals surface area contributed by atoms with Gasteiger partial charge in [-0.05, 0) is 12.1 Å². The topological polar surface area (TPSA) is 69.4 Å². The second-order valence-corrected chi connectivity index (χ2v) is 4.07. The van der Waals surface area contributed by atoms with E-state index in [1.54, 1.807) is 0 Å². The van der Waals surface area contributed by atoms with Gasteiger partial charge in [0.05, 0.1) is 4.92 Å². The molecule has 0 spiro atoms. The zero-order valence-corrected chi connectivity index (χ0v) is 10.6. The number of carbonyl (C=O) groups excluding carboxylic acids is 1. The van der Waals surface area contributed by atoms with Crippen molar-refractivity contribution in [2.45, 2.75) is 0 Å². The minimum absolute atomic E-state index is 0.0287. The Morgan fingerprint density at radius 2 is 1.76 bits per heavy atom. The summed E-state index contributed by atoms with van der Waals surface area (Å²) in [5, 5.41) is 10.6. The molecule has 0 aliphatic heterocycles.